The molecule has 2 fully saturated rings. The Bertz CT molecular complexity index is 1370. The first kappa shape index (κ1) is 28.8. The van der Waals surface area contributed by atoms with Crippen LogP contribution in [0.25, 0.3) is 22.0 Å². The van der Waals surface area contributed by atoms with Gasteiger partial charge >= 0.3 is 0 Å². The molecule has 2 saturated heterocycles. The molecule has 0 bridgehead atoms. The van der Waals surface area contributed by atoms with Gasteiger partial charge in [0.1, 0.15) is 0 Å². The molecule has 2 aromatic carbocycles. The van der Waals surface area contributed by atoms with Crippen LogP contribution in [0.2, 0.25) is 0 Å². The van der Waals surface area contributed by atoms with E-state index in [2.05, 4.69) is 28.1 Å². The minimum atomic E-state index is -3.36. The lowest BCUT2D eigenvalue weighted by atomic mass is 9.88. The van der Waals surface area contributed by atoms with Crippen molar-refractivity contribution in [2.24, 2.45) is 5.73 Å². The lowest BCUT2D eigenvalue weighted by Gasteiger charge is -2.31. The van der Waals surface area contributed by atoms with Gasteiger partial charge in [0.05, 0.1) is 25.4 Å². The number of carbonyl (C=O) groups is 1. The lowest BCUT2D eigenvalue weighted by molar-refractivity contribution is -0.117. The number of ether oxygens (including phenoxy) is 1. The van der Waals surface area contributed by atoms with E-state index in [0.717, 1.165) is 60.1 Å². The van der Waals surface area contributed by atoms with E-state index >= 15 is 0 Å². The molecule has 0 atom stereocenters. The number of primary amides is 1. The van der Waals surface area contributed by atoms with E-state index in [1.54, 1.807) is 4.31 Å². The number of benzene rings is 2. The zero-order valence-corrected chi connectivity index (χ0v) is 24.1. The predicted molar refractivity (Wildman–Crippen MR) is 160 cm³/mol. The Labute approximate surface area is 237 Å². The van der Waals surface area contributed by atoms with E-state index in [9.17, 15) is 13.2 Å². The predicted octanol–water partition coefficient (Wildman–Crippen LogP) is 4.26. The molecule has 0 radical (unpaired) electrons. The molecule has 2 aliphatic heterocycles. The lowest BCUT2D eigenvalue weighted by Crippen LogP contribution is -2.40. The van der Waals surface area contributed by atoms with Crippen molar-refractivity contribution in [1.29, 1.82) is 0 Å². The smallest absolute Gasteiger partial charge is 0.221 e. The minimum absolute atomic E-state index is 0.0294. The van der Waals surface area contributed by atoms with Crippen molar-refractivity contribution in [2.75, 3.05) is 51.7 Å². The van der Waals surface area contributed by atoms with Crippen molar-refractivity contribution in [1.82, 2.24) is 14.2 Å². The summed E-state index contributed by atoms with van der Waals surface area (Å²) in [6.07, 6.45) is 8.78. The largest absolute Gasteiger partial charge is 0.379 e. The third kappa shape index (κ3) is 7.13. The maximum absolute atomic E-state index is 13.0. The van der Waals surface area contributed by atoms with Crippen LogP contribution in [0, 0.1) is 0 Å². The number of nitrogens with two attached hydrogens (primary N) is 1. The molecular weight excluding hydrogens is 524 g/mol. The fraction of sp³-hybridized carbons (Fsp3) is 0.516. The van der Waals surface area contributed by atoms with Gasteiger partial charge < -0.3 is 20.4 Å². The summed E-state index contributed by atoms with van der Waals surface area (Å²) in [6.45, 7) is 4.94. The summed E-state index contributed by atoms with van der Waals surface area (Å²) in [5, 5.41) is 1.08. The number of likely N-dealkylation sites (tertiary alicyclic amines) is 1. The van der Waals surface area contributed by atoms with Crippen molar-refractivity contribution in [2.45, 2.75) is 50.9 Å². The number of rotatable bonds is 11. The van der Waals surface area contributed by atoms with Crippen molar-refractivity contribution in [3.63, 3.8) is 0 Å². The van der Waals surface area contributed by atoms with Crippen LogP contribution in [0.3, 0.4) is 0 Å². The fourth-order valence-corrected chi connectivity index (χ4v) is 7.54. The Hall–Kier alpha value is -2.72. The molecule has 0 unspecified atom stereocenters. The second-order valence-electron chi connectivity index (χ2n) is 11.2. The molecule has 9 heteroatoms. The van der Waals surface area contributed by atoms with E-state index < -0.39 is 10.0 Å². The van der Waals surface area contributed by atoms with Crippen molar-refractivity contribution < 1.29 is 17.9 Å². The number of aromatic nitrogens is 1. The van der Waals surface area contributed by atoms with Gasteiger partial charge in [-0.15, -0.1) is 0 Å². The molecule has 5 rings (SSSR count). The molecule has 40 heavy (non-hydrogen) atoms. The molecule has 3 aromatic rings. The number of aromatic amines is 1. The molecule has 216 valence electrons. The van der Waals surface area contributed by atoms with Crippen LogP contribution in [-0.4, -0.2) is 80.2 Å². The van der Waals surface area contributed by atoms with Gasteiger partial charge in [-0.1, -0.05) is 43.2 Å². The number of piperidine rings is 1. The Kier molecular flexibility index (Phi) is 9.57. The Morgan fingerprint density at radius 1 is 0.950 bits per heavy atom. The van der Waals surface area contributed by atoms with Crippen LogP contribution < -0.4 is 5.73 Å². The fourth-order valence-electron chi connectivity index (χ4n) is 6.18. The van der Waals surface area contributed by atoms with Gasteiger partial charge in [-0.2, -0.15) is 0 Å². The molecule has 0 spiro atoms. The monoisotopic (exact) mass is 566 g/mol. The quantitative estimate of drug-likeness (QED) is 0.337. The standard InChI is InChI=1S/C31H42N4O4S/c32-30(36)22-27-20-26(24-8-4-3-5-9-24)21-28-29(23-33-31(27)28)25-10-14-35(15-11-25)40(37,38)19-18-39-17-16-34-12-6-1-2-7-13-34/h3-5,8-9,20-21,23,25,33H,1-2,6-7,10-19,22H2,(H2,32,36). The number of hydrogen-bond acceptors (Lipinski definition) is 5. The number of fused-ring (bicyclic) bond motifs is 1. The second kappa shape index (κ2) is 13.3. The van der Waals surface area contributed by atoms with E-state index in [1.165, 1.54) is 31.2 Å². The van der Waals surface area contributed by atoms with Crippen molar-refractivity contribution in [3.8, 4) is 11.1 Å². The summed E-state index contributed by atoms with van der Waals surface area (Å²) in [5.74, 6) is -0.105. The Balaban J connectivity index is 1.20. The highest BCUT2D eigenvalue weighted by Gasteiger charge is 2.30. The molecule has 3 N–H and O–H groups in total. The van der Waals surface area contributed by atoms with Crippen LogP contribution in [0.1, 0.15) is 55.6 Å². The van der Waals surface area contributed by atoms with E-state index in [1.807, 2.05) is 30.5 Å². The topological polar surface area (TPSA) is 109 Å². The Morgan fingerprint density at radius 3 is 2.38 bits per heavy atom. The number of H-pyrrole nitrogens is 1. The number of carbonyl (C=O) groups excluding carboxylic acids is 1. The summed E-state index contributed by atoms with van der Waals surface area (Å²) in [6, 6.07) is 14.3. The average molecular weight is 567 g/mol. The SMILES string of the molecule is NC(=O)Cc1cc(-c2ccccc2)cc2c(C3CCN(S(=O)(=O)CCOCCN4CCCCCC4)CC3)c[nH]c12. The second-order valence-corrected chi connectivity index (χ2v) is 13.3. The van der Waals surface area contributed by atoms with E-state index in [0.29, 0.717) is 19.7 Å². The summed E-state index contributed by atoms with van der Waals surface area (Å²) in [5.41, 5.74) is 10.7. The molecule has 3 heterocycles. The highest BCUT2D eigenvalue weighted by atomic mass is 32.2. The summed E-state index contributed by atoms with van der Waals surface area (Å²) in [7, 11) is -3.36. The molecule has 2 aliphatic rings. The summed E-state index contributed by atoms with van der Waals surface area (Å²) in [4.78, 5) is 17.6. The van der Waals surface area contributed by atoms with Gasteiger partial charge in [0, 0.05) is 36.7 Å². The van der Waals surface area contributed by atoms with Crippen molar-refractivity contribution >= 4 is 26.8 Å². The first-order valence-corrected chi connectivity index (χ1v) is 16.3. The summed E-state index contributed by atoms with van der Waals surface area (Å²) >= 11 is 0. The number of sulfonamides is 1. The molecule has 0 aliphatic carbocycles. The van der Waals surface area contributed by atoms with E-state index in [4.69, 9.17) is 10.5 Å². The highest BCUT2D eigenvalue weighted by Crippen LogP contribution is 2.37. The molecule has 1 amide bonds. The molecule has 8 nitrogen and oxygen atoms in total. The van der Waals surface area contributed by atoms with Crippen LogP contribution >= 0.6 is 0 Å². The first-order valence-electron chi connectivity index (χ1n) is 14.7. The van der Waals surface area contributed by atoms with Gasteiger partial charge in [-0.25, -0.2) is 12.7 Å². The van der Waals surface area contributed by atoms with Gasteiger partial charge in [0.25, 0.3) is 0 Å². The molecule has 0 saturated carbocycles. The van der Waals surface area contributed by atoms with Crippen LogP contribution in [0.5, 0.6) is 0 Å². The van der Waals surface area contributed by atoms with Crippen LogP contribution in [0.4, 0.5) is 0 Å². The average Bonchev–Trinajstić information content (AvgIpc) is 3.21. The number of hydrogen-bond donors (Lipinski definition) is 2. The molecule has 1 aromatic heterocycles. The normalized spacial score (nSPS) is 18.2. The maximum Gasteiger partial charge on any atom is 0.221 e. The van der Waals surface area contributed by atoms with Gasteiger partial charge in [-0.3, -0.25) is 4.79 Å². The maximum atomic E-state index is 13.0. The zero-order valence-electron chi connectivity index (χ0n) is 23.3. The number of nitrogens with zero attached hydrogens (tertiary/aromatic N) is 2. The van der Waals surface area contributed by atoms with Gasteiger partial charge in [0.2, 0.25) is 15.9 Å². The number of nitrogens with one attached hydrogen (secondary N) is 1. The minimum Gasteiger partial charge on any atom is -0.379 e. The van der Waals surface area contributed by atoms with Crippen molar-refractivity contribution in [3.05, 3.63) is 59.8 Å². The highest BCUT2D eigenvalue weighted by molar-refractivity contribution is 7.89. The third-order valence-electron chi connectivity index (χ3n) is 8.40. The first-order chi connectivity index (χ1) is 19.4. The van der Waals surface area contributed by atoms with E-state index in [-0.39, 0.29) is 30.6 Å². The summed E-state index contributed by atoms with van der Waals surface area (Å²) < 4.78 is 33.4. The van der Waals surface area contributed by atoms with Crippen LogP contribution in [0.15, 0.2) is 48.7 Å². The molecular formula is C31H42N4O4S. The number of amides is 1. The van der Waals surface area contributed by atoms with Crippen LogP contribution in [-0.2, 0) is 26.0 Å². The Morgan fingerprint density at radius 2 is 1.68 bits per heavy atom. The third-order valence-corrected chi connectivity index (χ3v) is 10.2. The zero-order chi connectivity index (χ0) is 28.0. The van der Waals surface area contributed by atoms with Gasteiger partial charge in [0.15, 0.2) is 0 Å². The van der Waals surface area contributed by atoms with Gasteiger partial charge in [-0.05, 0) is 79.1 Å².